The van der Waals surface area contributed by atoms with Gasteiger partial charge in [0.1, 0.15) is 11.4 Å². The number of pyridine rings is 1. The summed E-state index contributed by atoms with van der Waals surface area (Å²) in [5.74, 6) is 0.685. The van der Waals surface area contributed by atoms with Crippen LogP contribution in [0.5, 0.6) is 5.75 Å². The quantitative estimate of drug-likeness (QED) is 0.794. The summed E-state index contributed by atoms with van der Waals surface area (Å²) < 4.78 is 7.22. The molecule has 0 saturated carbocycles. The molecule has 0 unspecified atom stereocenters. The monoisotopic (exact) mass is 341 g/mol. The molecule has 1 amide bonds. The number of nitrogens with one attached hydrogen (secondary N) is 1. The number of carbonyl (C=O) groups excluding carboxylic acids is 1. The summed E-state index contributed by atoms with van der Waals surface area (Å²) in [4.78, 5) is 16.9. The number of hydrogen-bond acceptors (Lipinski definition) is 3. The van der Waals surface area contributed by atoms with Gasteiger partial charge in [0.15, 0.2) is 10.8 Å². The Hall–Kier alpha value is -2.53. The van der Waals surface area contributed by atoms with E-state index in [2.05, 4.69) is 16.4 Å². The van der Waals surface area contributed by atoms with Crippen LogP contribution in [-0.2, 0) is 6.42 Å². The van der Waals surface area contributed by atoms with Gasteiger partial charge < -0.3 is 10.1 Å². The van der Waals surface area contributed by atoms with Gasteiger partial charge >= 0.3 is 0 Å². The summed E-state index contributed by atoms with van der Waals surface area (Å²) in [5, 5.41) is 3.20. The van der Waals surface area contributed by atoms with E-state index in [-0.39, 0.29) is 17.1 Å². The fourth-order valence-electron chi connectivity index (χ4n) is 2.99. The molecule has 0 fully saturated rings. The van der Waals surface area contributed by atoms with Gasteiger partial charge in [0.25, 0.3) is 5.91 Å². The van der Waals surface area contributed by atoms with Crippen molar-refractivity contribution in [2.75, 3.05) is 6.61 Å². The van der Waals surface area contributed by atoms with E-state index in [1.807, 2.05) is 37.3 Å². The number of amides is 1. The largest absolute Gasteiger partial charge is 0.493 e. The number of imidazole rings is 1. The normalized spacial score (nSPS) is 14.2. The van der Waals surface area contributed by atoms with Gasteiger partial charge in [0.05, 0.1) is 12.6 Å². The van der Waals surface area contributed by atoms with E-state index >= 15 is 0 Å². The standard InChI is InChI=1S/C18H16ClN3O2/c1-11(12-5-6-14-13(10-12)7-9-24-14)20-18(23)16-17(19)21-15-4-2-3-8-22(15)16/h2-6,8,10-11H,7,9H2,1H3,(H,20,23)/t11-/m0/s1. The topological polar surface area (TPSA) is 55.6 Å². The number of halogens is 1. The Morgan fingerprint density at radius 2 is 2.25 bits per heavy atom. The van der Waals surface area contributed by atoms with Crippen LogP contribution in [0, 0.1) is 0 Å². The zero-order chi connectivity index (χ0) is 16.7. The molecule has 1 atom stereocenters. The summed E-state index contributed by atoms with van der Waals surface area (Å²) >= 11 is 6.16. The Balaban J connectivity index is 1.60. The summed E-state index contributed by atoms with van der Waals surface area (Å²) in [5.41, 5.74) is 3.22. The Kier molecular flexibility index (Phi) is 3.65. The molecule has 3 aromatic rings. The number of benzene rings is 1. The molecule has 122 valence electrons. The molecule has 1 aliphatic rings. The lowest BCUT2D eigenvalue weighted by molar-refractivity contribution is 0.0934. The number of fused-ring (bicyclic) bond motifs is 2. The number of nitrogens with zero attached hydrogens (tertiary/aromatic N) is 2. The first-order valence-corrected chi connectivity index (χ1v) is 8.20. The van der Waals surface area contributed by atoms with Gasteiger partial charge in [-0.2, -0.15) is 0 Å². The van der Waals surface area contributed by atoms with Crippen molar-refractivity contribution < 1.29 is 9.53 Å². The van der Waals surface area contributed by atoms with Crippen LogP contribution in [0.25, 0.3) is 5.65 Å². The molecule has 0 radical (unpaired) electrons. The van der Waals surface area contributed by atoms with Crippen molar-refractivity contribution in [3.8, 4) is 5.75 Å². The van der Waals surface area contributed by atoms with Gasteiger partial charge in [-0.3, -0.25) is 9.20 Å². The third-order valence-electron chi connectivity index (χ3n) is 4.26. The zero-order valence-electron chi connectivity index (χ0n) is 13.1. The molecule has 24 heavy (non-hydrogen) atoms. The maximum Gasteiger partial charge on any atom is 0.272 e. The molecule has 0 spiro atoms. The summed E-state index contributed by atoms with van der Waals surface area (Å²) in [6.45, 7) is 2.67. The number of ether oxygens (including phenoxy) is 1. The van der Waals surface area contributed by atoms with Gasteiger partial charge in [-0.15, -0.1) is 0 Å². The number of aromatic nitrogens is 2. The van der Waals surface area contributed by atoms with E-state index in [0.29, 0.717) is 11.3 Å². The predicted octanol–water partition coefficient (Wildman–Crippen LogP) is 3.41. The van der Waals surface area contributed by atoms with Gasteiger partial charge in [0.2, 0.25) is 0 Å². The van der Waals surface area contributed by atoms with Gasteiger partial charge in [0, 0.05) is 12.6 Å². The third-order valence-corrected chi connectivity index (χ3v) is 4.53. The highest BCUT2D eigenvalue weighted by Crippen LogP contribution is 2.28. The smallest absolute Gasteiger partial charge is 0.272 e. The van der Waals surface area contributed by atoms with Crippen LogP contribution in [0.2, 0.25) is 5.15 Å². The fraction of sp³-hybridized carbons (Fsp3) is 0.222. The second-order valence-corrected chi connectivity index (χ2v) is 6.20. The Bertz CT molecular complexity index is 935. The van der Waals surface area contributed by atoms with Crippen molar-refractivity contribution >= 4 is 23.2 Å². The first-order valence-electron chi connectivity index (χ1n) is 7.82. The molecule has 2 aromatic heterocycles. The summed E-state index contributed by atoms with van der Waals surface area (Å²) in [6, 6.07) is 11.4. The molecule has 0 aliphatic carbocycles. The van der Waals surface area contributed by atoms with Crippen LogP contribution in [-0.4, -0.2) is 21.9 Å². The molecule has 3 heterocycles. The van der Waals surface area contributed by atoms with Crippen molar-refractivity contribution in [1.29, 1.82) is 0 Å². The van der Waals surface area contributed by atoms with Crippen LogP contribution >= 0.6 is 11.6 Å². The highest BCUT2D eigenvalue weighted by atomic mass is 35.5. The van der Waals surface area contributed by atoms with Crippen LogP contribution < -0.4 is 10.1 Å². The minimum absolute atomic E-state index is 0.145. The highest BCUT2D eigenvalue weighted by molar-refractivity contribution is 6.32. The number of hydrogen-bond donors (Lipinski definition) is 1. The maximum absolute atomic E-state index is 12.7. The molecule has 0 bridgehead atoms. The first-order chi connectivity index (χ1) is 11.6. The average Bonchev–Trinajstić information content (AvgIpc) is 3.16. The Morgan fingerprint density at radius 1 is 1.38 bits per heavy atom. The molecule has 1 aliphatic heterocycles. The minimum atomic E-state index is -0.247. The lowest BCUT2D eigenvalue weighted by Gasteiger charge is -2.15. The van der Waals surface area contributed by atoms with Crippen molar-refractivity contribution in [3.05, 3.63) is 64.6 Å². The van der Waals surface area contributed by atoms with Crippen LogP contribution in [0.3, 0.4) is 0 Å². The van der Waals surface area contributed by atoms with Crippen LogP contribution in [0.1, 0.15) is 34.6 Å². The van der Waals surface area contributed by atoms with Crippen LogP contribution in [0.15, 0.2) is 42.6 Å². The van der Waals surface area contributed by atoms with Crippen molar-refractivity contribution in [2.24, 2.45) is 0 Å². The van der Waals surface area contributed by atoms with E-state index in [4.69, 9.17) is 16.3 Å². The zero-order valence-corrected chi connectivity index (χ0v) is 13.9. The molecule has 5 nitrogen and oxygen atoms in total. The van der Waals surface area contributed by atoms with Crippen LogP contribution in [0.4, 0.5) is 0 Å². The van der Waals surface area contributed by atoms with Gasteiger partial charge in [-0.1, -0.05) is 23.7 Å². The predicted molar refractivity (Wildman–Crippen MR) is 91.7 cm³/mol. The molecule has 1 aromatic carbocycles. The molecular weight excluding hydrogens is 326 g/mol. The van der Waals surface area contributed by atoms with Gasteiger partial charge in [-0.05, 0) is 42.3 Å². The third kappa shape index (κ3) is 2.51. The lowest BCUT2D eigenvalue weighted by atomic mass is 10.0. The summed E-state index contributed by atoms with van der Waals surface area (Å²) in [7, 11) is 0. The number of carbonyl (C=O) groups is 1. The SMILES string of the molecule is C[C@H](NC(=O)c1c(Cl)nc2ccccn12)c1ccc2c(c1)CCO2. The van der Waals surface area contributed by atoms with E-state index < -0.39 is 0 Å². The van der Waals surface area contributed by atoms with E-state index in [1.54, 1.807) is 10.6 Å². The fourth-order valence-corrected chi connectivity index (χ4v) is 3.26. The van der Waals surface area contributed by atoms with E-state index in [9.17, 15) is 4.79 Å². The minimum Gasteiger partial charge on any atom is -0.493 e. The molecule has 0 saturated heterocycles. The lowest BCUT2D eigenvalue weighted by Crippen LogP contribution is -2.28. The van der Waals surface area contributed by atoms with Gasteiger partial charge in [-0.25, -0.2) is 4.98 Å². The Labute approximate surface area is 144 Å². The maximum atomic E-state index is 12.7. The second-order valence-electron chi connectivity index (χ2n) is 5.84. The van der Waals surface area contributed by atoms with Crippen molar-refractivity contribution in [3.63, 3.8) is 0 Å². The summed E-state index contributed by atoms with van der Waals surface area (Å²) in [6.07, 6.45) is 2.68. The molecular formula is C18H16ClN3O2. The second kappa shape index (κ2) is 5.83. The first kappa shape index (κ1) is 15.0. The highest BCUT2D eigenvalue weighted by Gasteiger charge is 2.21. The molecule has 4 rings (SSSR count). The molecule has 6 heteroatoms. The Morgan fingerprint density at radius 3 is 3.12 bits per heavy atom. The molecule has 1 N–H and O–H groups in total. The number of rotatable bonds is 3. The van der Waals surface area contributed by atoms with Crippen molar-refractivity contribution in [1.82, 2.24) is 14.7 Å². The van der Waals surface area contributed by atoms with E-state index in [1.165, 1.54) is 5.56 Å². The average molecular weight is 342 g/mol. The van der Waals surface area contributed by atoms with E-state index in [0.717, 1.165) is 24.3 Å². The van der Waals surface area contributed by atoms with Crippen molar-refractivity contribution in [2.45, 2.75) is 19.4 Å².